The number of fused-ring (bicyclic) bond motifs is 2. The van der Waals surface area contributed by atoms with E-state index in [1.165, 1.54) is 0 Å². The Morgan fingerprint density at radius 2 is 1.71 bits per heavy atom. The Balaban J connectivity index is 1.64. The van der Waals surface area contributed by atoms with Crippen LogP contribution in [-0.2, 0) is 6.54 Å². The van der Waals surface area contributed by atoms with Crippen LogP contribution in [-0.4, -0.2) is 44.4 Å². The van der Waals surface area contributed by atoms with Gasteiger partial charge in [-0.2, -0.15) is 4.98 Å². The summed E-state index contributed by atoms with van der Waals surface area (Å²) in [4.78, 5) is 11.0. The molecule has 1 aliphatic rings. The van der Waals surface area contributed by atoms with Gasteiger partial charge in [0.25, 0.3) is 0 Å². The summed E-state index contributed by atoms with van der Waals surface area (Å²) >= 11 is 0. The number of nitrogens with zero attached hydrogens (tertiary/aromatic N) is 3. The van der Waals surface area contributed by atoms with Crippen LogP contribution in [0.4, 0.5) is 11.8 Å². The van der Waals surface area contributed by atoms with Gasteiger partial charge < -0.3 is 29.6 Å². The van der Waals surface area contributed by atoms with E-state index in [2.05, 4.69) is 9.97 Å². The van der Waals surface area contributed by atoms with E-state index in [0.717, 1.165) is 17.1 Å². The standard InChI is InChI=1S/C20H22N4O4/c1-24(11-12-4-5-15-18(8-12)28-7-6-27-15)20-22-14-10-17(26-3)16(25-2)9-13(14)19(21)23-20/h4-5,8-10H,6-7,11H2,1-3H3,(H2,21,22,23). The van der Waals surface area contributed by atoms with Gasteiger partial charge in [0, 0.05) is 25.0 Å². The van der Waals surface area contributed by atoms with Gasteiger partial charge in [-0.15, -0.1) is 0 Å². The second-order valence-electron chi connectivity index (χ2n) is 6.47. The van der Waals surface area contributed by atoms with Gasteiger partial charge in [-0.25, -0.2) is 4.98 Å². The number of hydrogen-bond acceptors (Lipinski definition) is 8. The average molecular weight is 382 g/mol. The van der Waals surface area contributed by atoms with Gasteiger partial charge in [0.1, 0.15) is 19.0 Å². The Bertz CT molecular complexity index is 1020. The first-order valence-electron chi connectivity index (χ1n) is 8.88. The highest BCUT2D eigenvalue weighted by Gasteiger charge is 2.16. The molecule has 28 heavy (non-hydrogen) atoms. The van der Waals surface area contributed by atoms with E-state index in [4.69, 9.17) is 24.7 Å². The minimum Gasteiger partial charge on any atom is -0.493 e. The molecule has 2 N–H and O–H groups in total. The van der Waals surface area contributed by atoms with Crippen LogP contribution in [0.3, 0.4) is 0 Å². The number of ether oxygens (including phenoxy) is 4. The smallest absolute Gasteiger partial charge is 0.227 e. The molecular weight excluding hydrogens is 360 g/mol. The maximum Gasteiger partial charge on any atom is 0.227 e. The van der Waals surface area contributed by atoms with Gasteiger partial charge in [-0.3, -0.25) is 0 Å². The maximum absolute atomic E-state index is 6.18. The molecule has 0 atom stereocenters. The molecular formula is C20H22N4O4. The van der Waals surface area contributed by atoms with Crippen molar-refractivity contribution in [3.05, 3.63) is 35.9 Å². The van der Waals surface area contributed by atoms with Crippen molar-refractivity contribution in [3.63, 3.8) is 0 Å². The van der Waals surface area contributed by atoms with Crippen molar-refractivity contribution in [2.75, 3.05) is 45.1 Å². The zero-order valence-electron chi connectivity index (χ0n) is 16.1. The Kier molecular flexibility index (Phi) is 4.68. The molecule has 0 radical (unpaired) electrons. The molecule has 8 heteroatoms. The number of methoxy groups -OCH3 is 2. The van der Waals surface area contributed by atoms with E-state index < -0.39 is 0 Å². The van der Waals surface area contributed by atoms with Crippen LogP contribution in [0.2, 0.25) is 0 Å². The van der Waals surface area contributed by atoms with Gasteiger partial charge in [0.15, 0.2) is 23.0 Å². The highest BCUT2D eigenvalue weighted by atomic mass is 16.6. The molecule has 0 spiro atoms. The lowest BCUT2D eigenvalue weighted by Gasteiger charge is -2.21. The third-order valence-electron chi connectivity index (χ3n) is 4.59. The van der Waals surface area contributed by atoms with Crippen LogP contribution in [0.25, 0.3) is 10.9 Å². The monoisotopic (exact) mass is 382 g/mol. The summed E-state index contributed by atoms with van der Waals surface area (Å²) in [6.45, 7) is 1.72. The predicted octanol–water partition coefficient (Wildman–Crippen LogP) is 2.64. The second kappa shape index (κ2) is 7.30. The first kappa shape index (κ1) is 18.0. The number of anilines is 2. The molecule has 8 nitrogen and oxygen atoms in total. The van der Waals surface area contributed by atoms with Crippen molar-refractivity contribution < 1.29 is 18.9 Å². The molecule has 3 aromatic rings. The van der Waals surface area contributed by atoms with Gasteiger partial charge in [-0.05, 0) is 23.8 Å². The first-order valence-corrected chi connectivity index (χ1v) is 8.88. The molecule has 0 unspecified atom stereocenters. The zero-order valence-corrected chi connectivity index (χ0v) is 16.1. The van der Waals surface area contributed by atoms with Crippen LogP contribution in [0.15, 0.2) is 30.3 Å². The quantitative estimate of drug-likeness (QED) is 0.720. The molecule has 2 heterocycles. The minimum absolute atomic E-state index is 0.384. The Labute approximate surface area is 162 Å². The van der Waals surface area contributed by atoms with Gasteiger partial charge >= 0.3 is 0 Å². The maximum atomic E-state index is 6.18. The third-order valence-corrected chi connectivity index (χ3v) is 4.59. The van der Waals surface area contributed by atoms with Gasteiger partial charge in [0.2, 0.25) is 5.95 Å². The topological polar surface area (TPSA) is 92.0 Å². The second-order valence-corrected chi connectivity index (χ2v) is 6.47. The Morgan fingerprint density at radius 3 is 2.46 bits per heavy atom. The molecule has 1 aliphatic heterocycles. The number of rotatable bonds is 5. The zero-order chi connectivity index (χ0) is 19.7. The van der Waals surface area contributed by atoms with Crippen molar-refractivity contribution in [3.8, 4) is 23.0 Å². The lowest BCUT2D eigenvalue weighted by Crippen LogP contribution is -2.20. The summed E-state index contributed by atoms with van der Waals surface area (Å²) in [6.07, 6.45) is 0. The van der Waals surface area contributed by atoms with Crippen molar-refractivity contribution in [2.24, 2.45) is 0 Å². The van der Waals surface area contributed by atoms with E-state index in [1.807, 2.05) is 30.1 Å². The van der Waals surface area contributed by atoms with E-state index in [-0.39, 0.29) is 0 Å². The average Bonchev–Trinajstić information content (AvgIpc) is 2.72. The summed E-state index contributed by atoms with van der Waals surface area (Å²) in [7, 11) is 5.08. The minimum atomic E-state index is 0.384. The van der Waals surface area contributed by atoms with E-state index in [1.54, 1.807) is 26.4 Å². The fourth-order valence-corrected chi connectivity index (χ4v) is 3.17. The first-order chi connectivity index (χ1) is 13.6. The van der Waals surface area contributed by atoms with Crippen LogP contribution in [0.5, 0.6) is 23.0 Å². The molecule has 0 aliphatic carbocycles. The number of aromatic nitrogens is 2. The van der Waals surface area contributed by atoms with Crippen molar-refractivity contribution in [2.45, 2.75) is 6.54 Å². The molecule has 0 bridgehead atoms. The molecule has 0 amide bonds. The van der Waals surface area contributed by atoms with Crippen LogP contribution >= 0.6 is 0 Å². The van der Waals surface area contributed by atoms with E-state index in [0.29, 0.717) is 53.9 Å². The fourth-order valence-electron chi connectivity index (χ4n) is 3.17. The summed E-state index contributed by atoms with van der Waals surface area (Å²) in [5.74, 6) is 3.61. The molecule has 2 aromatic carbocycles. The molecule has 146 valence electrons. The number of hydrogen-bond donors (Lipinski definition) is 1. The van der Waals surface area contributed by atoms with Crippen molar-refractivity contribution in [1.82, 2.24) is 9.97 Å². The largest absolute Gasteiger partial charge is 0.493 e. The molecule has 0 fully saturated rings. The normalized spacial score (nSPS) is 12.7. The lowest BCUT2D eigenvalue weighted by atomic mass is 10.2. The summed E-state index contributed by atoms with van der Waals surface area (Å²) in [5.41, 5.74) is 7.93. The molecule has 4 rings (SSSR count). The fraction of sp³-hybridized carbons (Fsp3) is 0.300. The van der Waals surface area contributed by atoms with Gasteiger partial charge in [0.05, 0.1) is 19.7 Å². The third kappa shape index (κ3) is 3.28. The van der Waals surface area contributed by atoms with E-state index >= 15 is 0 Å². The van der Waals surface area contributed by atoms with Crippen LogP contribution < -0.4 is 29.6 Å². The highest BCUT2D eigenvalue weighted by molar-refractivity contribution is 5.91. The number of benzene rings is 2. The SMILES string of the molecule is COc1cc2nc(N(C)Cc3ccc4c(c3)OCCO4)nc(N)c2cc1OC. The van der Waals surface area contributed by atoms with Crippen molar-refractivity contribution >= 4 is 22.7 Å². The summed E-state index contributed by atoms with van der Waals surface area (Å²) < 4.78 is 21.9. The molecule has 1 aromatic heterocycles. The van der Waals surface area contributed by atoms with Gasteiger partial charge in [-0.1, -0.05) is 6.07 Å². The van der Waals surface area contributed by atoms with Crippen molar-refractivity contribution in [1.29, 1.82) is 0 Å². The molecule has 0 saturated heterocycles. The molecule has 0 saturated carbocycles. The summed E-state index contributed by atoms with van der Waals surface area (Å²) in [6, 6.07) is 9.48. The lowest BCUT2D eigenvalue weighted by molar-refractivity contribution is 0.171. The number of nitrogen functional groups attached to an aromatic ring is 1. The predicted molar refractivity (Wildman–Crippen MR) is 107 cm³/mol. The van der Waals surface area contributed by atoms with E-state index in [9.17, 15) is 0 Å². The Morgan fingerprint density at radius 1 is 1.00 bits per heavy atom. The Hall–Kier alpha value is -3.42. The number of nitrogens with two attached hydrogens (primary N) is 1. The van der Waals surface area contributed by atoms with Crippen LogP contribution in [0.1, 0.15) is 5.56 Å². The highest BCUT2D eigenvalue weighted by Crippen LogP contribution is 2.34. The summed E-state index contributed by atoms with van der Waals surface area (Å²) in [5, 5.41) is 0.717. The van der Waals surface area contributed by atoms with Crippen LogP contribution in [0, 0.1) is 0 Å².